The molecule has 3 aliphatic rings. The molecular weight excluding hydrogens is 534 g/mol. The number of nitrogens with zero attached hydrogens (tertiary/aromatic N) is 1. The second kappa shape index (κ2) is 8.58. The van der Waals surface area contributed by atoms with E-state index in [4.69, 9.17) is 10.5 Å². The quantitative estimate of drug-likeness (QED) is 0.500. The second-order valence-electron chi connectivity index (χ2n) is 10.7. The van der Waals surface area contributed by atoms with Crippen molar-refractivity contribution in [2.75, 3.05) is 16.8 Å². The Bertz CT molecular complexity index is 1460. The summed E-state index contributed by atoms with van der Waals surface area (Å²) in [7, 11) is 0. The van der Waals surface area contributed by atoms with Gasteiger partial charge in [-0.2, -0.15) is 0 Å². The minimum Gasteiger partial charge on any atom is -0.462 e. The van der Waals surface area contributed by atoms with Crippen molar-refractivity contribution in [3.05, 3.63) is 80.2 Å². The van der Waals surface area contributed by atoms with Crippen molar-refractivity contribution in [3.63, 3.8) is 0 Å². The fraction of sp³-hybridized carbons (Fsp3) is 0.345. The van der Waals surface area contributed by atoms with Crippen LogP contribution in [-0.2, 0) is 24.5 Å². The standard InChI is InChI=1S/C29H30BrN3O4/c1-6-37-26(35)24-25(31)33(18-9-7-15(2)16(3)11-18)21-13-28(4,5)14-22(34)23(21)29(24)19-12-17(30)8-10-20(19)32-27(29)36/h7-12H,6,13-14,31H2,1-5H3,(H,32,36). The van der Waals surface area contributed by atoms with E-state index in [1.54, 1.807) is 30.0 Å². The number of ketones is 1. The highest BCUT2D eigenvalue weighted by molar-refractivity contribution is 9.10. The molecular formula is C29H30BrN3O4. The third-order valence-electron chi connectivity index (χ3n) is 7.57. The number of anilines is 2. The third kappa shape index (κ3) is 3.64. The van der Waals surface area contributed by atoms with Gasteiger partial charge in [0.05, 0.1) is 6.61 Å². The fourth-order valence-electron chi connectivity index (χ4n) is 5.87. The molecule has 1 amide bonds. The number of carbonyl (C=O) groups is 3. The molecule has 1 unspecified atom stereocenters. The molecule has 0 aromatic heterocycles. The maximum atomic E-state index is 14.1. The number of ether oxygens (including phenoxy) is 1. The lowest BCUT2D eigenvalue weighted by Crippen LogP contribution is -2.54. The fourth-order valence-corrected chi connectivity index (χ4v) is 6.23. The Morgan fingerprint density at radius 2 is 1.84 bits per heavy atom. The van der Waals surface area contributed by atoms with E-state index in [0.717, 1.165) is 16.8 Å². The van der Waals surface area contributed by atoms with Crippen molar-refractivity contribution < 1.29 is 19.1 Å². The van der Waals surface area contributed by atoms with Crippen LogP contribution in [0.15, 0.2) is 63.5 Å². The summed E-state index contributed by atoms with van der Waals surface area (Å²) in [6.45, 7) is 9.86. The number of benzene rings is 2. The highest BCUT2D eigenvalue weighted by atomic mass is 79.9. The van der Waals surface area contributed by atoms with Gasteiger partial charge in [-0.05, 0) is 74.1 Å². The molecule has 0 fully saturated rings. The molecule has 0 radical (unpaired) electrons. The van der Waals surface area contributed by atoms with Crippen molar-refractivity contribution in [3.8, 4) is 0 Å². The molecule has 0 bridgehead atoms. The van der Waals surface area contributed by atoms with Gasteiger partial charge in [0, 0.05) is 39.1 Å². The normalized spacial score (nSPS) is 22.3. The van der Waals surface area contributed by atoms with Gasteiger partial charge in [0.15, 0.2) is 5.78 Å². The Morgan fingerprint density at radius 1 is 1.11 bits per heavy atom. The minimum atomic E-state index is -1.71. The molecule has 8 heteroatoms. The van der Waals surface area contributed by atoms with Crippen LogP contribution in [0.4, 0.5) is 11.4 Å². The van der Waals surface area contributed by atoms with E-state index in [1.807, 2.05) is 45.9 Å². The molecule has 0 saturated carbocycles. The molecule has 2 aromatic rings. The number of Topliss-reactive ketones (excluding diaryl/α,β-unsaturated/α-hetero) is 1. The lowest BCUT2D eigenvalue weighted by atomic mass is 9.60. The summed E-state index contributed by atoms with van der Waals surface area (Å²) in [5.74, 6) is -1.29. The zero-order valence-corrected chi connectivity index (χ0v) is 23.2. The smallest absolute Gasteiger partial charge is 0.339 e. The number of hydrogen-bond acceptors (Lipinski definition) is 6. The van der Waals surface area contributed by atoms with Crippen LogP contribution >= 0.6 is 15.9 Å². The van der Waals surface area contributed by atoms with Gasteiger partial charge < -0.3 is 15.8 Å². The third-order valence-corrected chi connectivity index (χ3v) is 8.07. The molecule has 2 heterocycles. The zero-order valence-electron chi connectivity index (χ0n) is 21.6. The molecule has 3 N–H and O–H groups in total. The Morgan fingerprint density at radius 3 is 2.51 bits per heavy atom. The van der Waals surface area contributed by atoms with E-state index in [0.29, 0.717) is 27.8 Å². The van der Waals surface area contributed by atoms with Gasteiger partial charge in [-0.1, -0.05) is 35.8 Å². The number of esters is 1. The van der Waals surface area contributed by atoms with E-state index < -0.39 is 17.3 Å². The minimum absolute atomic E-state index is 0.0336. The highest BCUT2D eigenvalue weighted by Crippen LogP contribution is 2.57. The predicted octanol–water partition coefficient (Wildman–Crippen LogP) is 5.15. The van der Waals surface area contributed by atoms with Crippen LogP contribution < -0.4 is 16.0 Å². The first-order valence-corrected chi connectivity index (χ1v) is 13.1. The monoisotopic (exact) mass is 563 g/mol. The predicted molar refractivity (Wildman–Crippen MR) is 146 cm³/mol. The summed E-state index contributed by atoms with van der Waals surface area (Å²) < 4.78 is 6.20. The van der Waals surface area contributed by atoms with Crippen molar-refractivity contribution >= 4 is 45.0 Å². The van der Waals surface area contributed by atoms with E-state index in [-0.39, 0.29) is 41.2 Å². The number of aryl methyl sites for hydroxylation is 2. The summed E-state index contributed by atoms with van der Waals surface area (Å²) in [6.07, 6.45) is 0.733. The van der Waals surface area contributed by atoms with E-state index in [9.17, 15) is 14.4 Å². The molecule has 0 saturated heterocycles. The maximum absolute atomic E-state index is 14.1. The van der Waals surface area contributed by atoms with Gasteiger partial charge in [-0.25, -0.2) is 4.79 Å². The van der Waals surface area contributed by atoms with Crippen molar-refractivity contribution in [2.45, 2.75) is 52.9 Å². The van der Waals surface area contributed by atoms with Crippen LogP contribution in [-0.4, -0.2) is 24.3 Å². The first kappa shape index (κ1) is 25.3. The lowest BCUT2D eigenvalue weighted by Gasteiger charge is -2.47. The van der Waals surface area contributed by atoms with Crippen LogP contribution in [0, 0.1) is 19.3 Å². The van der Waals surface area contributed by atoms with Gasteiger partial charge >= 0.3 is 5.97 Å². The number of nitrogens with one attached hydrogen (secondary N) is 1. The Labute approximate surface area is 224 Å². The topological polar surface area (TPSA) is 102 Å². The number of allylic oxidation sites excluding steroid dienone is 1. The average Bonchev–Trinajstić information content (AvgIpc) is 3.06. The molecule has 1 atom stereocenters. The van der Waals surface area contributed by atoms with E-state index in [2.05, 4.69) is 21.2 Å². The molecule has 1 spiro atoms. The zero-order chi connectivity index (χ0) is 26.9. The number of amides is 1. The van der Waals surface area contributed by atoms with E-state index in [1.165, 1.54) is 0 Å². The molecule has 5 rings (SSSR count). The molecule has 37 heavy (non-hydrogen) atoms. The molecule has 2 aromatic carbocycles. The molecule has 192 valence electrons. The summed E-state index contributed by atoms with van der Waals surface area (Å²) in [5, 5.41) is 2.92. The summed E-state index contributed by atoms with van der Waals surface area (Å²) >= 11 is 3.51. The number of nitrogens with two attached hydrogens (primary N) is 1. The van der Waals surface area contributed by atoms with Gasteiger partial charge in [0.25, 0.3) is 0 Å². The first-order valence-electron chi connectivity index (χ1n) is 12.4. The van der Waals surface area contributed by atoms with Gasteiger partial charge in [-0.3, -0.25) is 14.5 Å². The summed E-state index contributed by atoms with van der Waals surface area (Å²) in [6, 6.07) is 11.2. The van der Waals surface area contributed by atoms with Crippen LogP contribution in [0.3, 0.4) is 0 Å². The van der Waals surface area contributed by atoms with Crippen molar-refractivity contribution in [2.24, 2.45) is 11.1 Å². The number of halogens is 1. The van der Waals surface area contributed by atoms with Crippen molar-refractivity contribution in [1.82, 2.24) is 0 Å². The van der Waals surface area contributed by atoms with Crippen molar-refractivity contribution in [1.29, 1.82) is 0 Å². The summed E-state index contributed by atoms with van der Waals surface area (Å²) in [4.78, 5) is 43.6. The first-order chi connectivity index (χ1) is 17.4. The second-order valence-corrected chi connectivity index (χ2v) is 11.7. The molecule has 2 aliphatic heterocycles. The average molecular weight is 564 g/mol. The molecule has 1 aliphatic carbocycles. The number of carbonyl (C=O) groups excluding carboxylic acids is 3. The van der Waals surface area contributed by atoms with Crippen LogP contribution in [0.2, 0.25) is 0 Å². The van der Waals surface area contributed by atoms with Gasteiger partial charge in [-0.15, -0.1) is 0 Å². The van der Waals surface area contributed by atoms with Crippen LogP contribution in [0.25, 0.3) is 0 Å². The summed E-state index contributed by atoms with van der Waals surface area (Å²) in [5.41, 5.74) is 9.62. The molecule has 7 nitrogen and oxygen atoms in total. The van der Waals surface area contributed by atoms with Gasteiger partial charge in [0.1, 0.15) is 16.8 Å². The Kier molecular flexibility index (Phi) is 5.86. The van der Waals surface area contributed by atoms with Crippen LogP contribution in [0.5, 0.6) is 0 Å². The Hall–Kier alpha value is -3.39. The number of hydrogen-bond donors (Lipinski definition) is 2. The van der Waals surface area contributed by atoms with Gasteiger partial charge in [0.2, 0.25) is 5.91 Å². The van der Waals surface area contributed by atoms with E-state index >= 15 is 0 Å². The SMILES string of the molecule is CCOC(=O)C1=C(N)N(c2ccc(C)c(C)c2)C2=C(C(=O)CC(C)(C)C2)C12C(=O)Nc1ccc(Br)cc12. The lowest BCUT2D eigenvalue weighted by molar-refractivity contribution is -0.140. The maximum Gasteiger partial charge on any atom is 0.339 e. The number of fused-ring (bicyclic) bond motifs is 3. The van der Waals surface area contributed by atoms with Crippen LogP contribution in [0.1, 0.15) is 50.3 Å². The Balaban J connectivity index is 1.93. The number of rotatable bonds is 3. The highest BCUT2D eigenvalue weighted by Gasteiger charge is 2.63. The largest absolute Gasteiger partial charge is 0.462 e.